The van der Waals surface area contributed by atoms with Crippen LogP contribution in [0, 0.1) is 5.92 Å². The van der Waals surface area contributed by atoms with Gasteiger partial charge < -0.3 is 14.8 Å². The molecular weight excluding hydrogens is 378 g/mol. The van der Waals surface area contributed by atoms with Gasteiger partial charge in [0.05, 0.1) is 0 Å². The molecule has 5 nitrogen and oxygen atoms in total. The van der Waals surface area contributed by atoms with Gasteiger partial charge in [-0.25, -0.2) is 0 Å². The molecule has 0 saturated heterocycles. The van der Waals surface area contributed by atoms with Crippen molar-refractivity contribution in [2.75, 3.05) is 0 Å². The largest absolute Gasteiger partial charge is 0.481 e. The second-order valence-electron chi connectivity index (χ2n) is 7.82. The molecule has 1 aliphatic carbocycles. The fourth-order valence-corrected chi connectivity index (χ4v) is 4.97. The van der Waals surface area contributed by atoms with Crippen LogP contribution in [0.25, 0.3) is 10.9 Å². The van der Waals surface area contributed by atoms with Crippen molar-refractivity contribution in [1.82, 2.24) is 4.98 Å². The van der Waals surface area contributed by atoms with Crippen LogP contribution in [0.1, 0.15) is 63.6 Å². The summed E-state index contributed by atoms with van der Waals surface area (Å²) in [5, 5.41) is 10.9. The minimum absolute atomic E-state index is 0.168. The molecule has 1 aromatic carbocycles. The van der Waals surface area contributed by atoms with Crippen LogP contribution in [0.5, 0.6) is 0 Å². The lowest BCUT2D eigenvalue weighted by molar-refractivity contribution is -0.172. The van der Waals surface area contributed by atoms with E-state index in [0.29, 0.717) is 0 Å². The van der Waals surface area contributed by atoms with Crippen LogP contribution >= 0.6 is 11.6 Å². The lowest BCUT2D eigenvalue weighted by Gasteiger charge is -2.42. The third-order valence-corrected chi connectivity index (χ3v) is 6.09. The van der Waals surface area contributed by atoms with Gasteiger partial charge in [0.15, 0.2) is 0 Å². The summed E-state index contributed by atoms with van der Waals surface area (Å²) in [7, 11) is 0. The number of benzene rings is 1. The Labute approximate surface area is 170 Å². The Bertz CT molecular complexity index is 867. The van der Waals surface area contributed by atoms with Gasteiger partial charge in [-0.05, 0) is 55.9 Å². The average molecular weight is 406 g/mol. The van der Waals surface area contributed by atoms with Crippen molar-refractivity contribution in [1.29, 1.82) is 0 Å². The van der Waals surface area contributed by atoms with Crippen LogP contribution < -0.4 is 0 Å². The van der Waals surface area contributed by atoms with Gasteiger partial charge in [-0.15, -0.1) is 0 Å². The first-order valence-corrected chi connectivity index (χ1v) is 10.5. The van der Waals surface area contributed by atoms with Gasteiger partial charge in [0.25, 0.3) is 0 Å². The highest BCUT2D eigenvalue weighted by Crippen LogP contribution is 2.42. The maximum absolute atomic E-state index is 12.3. The number of halogens is 1. The van der Waals surface area contributed by atoms with E-state index in [9.17, 15) is 9.59 Å². The number of rotatable bonds is 8. The number of H-pyrrole nitrogens is 1. The van der Waals surface area contributed by atoms with Crippen molar-refractivity contribution >= 4 is 34.4 Å². The molecule has 1 heterocycles. The first-order chi connectivity index (χ1) is 13.4. The molecule has 6 heteroatoms. The van der Waals surface area contributed by atoms with E-state index >= 15 is 0 Å². The van der Waals surface area contributed by atoms with E-state index in [1.54, 1.807) is 0 Å². The van der Waals surface area contributed by atoms with Crippen molar-refractivity contribution in [3.8, 4) is 0 Å². The number of esters is 1. The summed E-state index contributed by atoms with van der Waals surface area (Å²) in [6, 6.07) is 5.89. The van der Waals surface area contributed by atoms with E-state index in [1.807, 2.05) is 18.2 Å². The minimum Gasteiger partial charge on any atom is -0.481 e. The number of nitrogens with one attached hydrogen (secondary N) is 1. The van der Waals surface area contributed by atoms with Crippen LogP contribution in [-0.2, 0) is 27.2 Å². The highest BCUT2D eigenvalue weighted by molar-refractivity contribution is 6.31. The molecule has 0 fully saturated rings. The molecule has 2 N–H and O–H groups in total. The second kappa shape index (κ2) is 8.56. The Morgan fingerprint density at radius 2 is 2.00 bits per heavy atom. The van der Waals surface area contributed by atoms with Gasteiger partial charge in [0, 0.05) is 27.5 Å². The maximum atomic E-state index is 12.3. The number of carboxylic acid groups (broad SMARTS) is 1. The topological polar surface area (TPSA) is 79.4 Å². The molecule has 0 bridgehead atoms. The molecule has 1 aromatic heterocycles. The number of fused-ring (bicyclic) bond motifs is 3. The van der Waals surface area contributed by atoms with Gasteiger partial charge in [0.2, 0.25) is 0 Å². The van der Waals surface area contributed by atoms with E-state index < -0.39 is 24.0 Å². The lowest BCUT2D eigenvalue weighted by atomic mass is 9.72. The van der Waals surface area contributed by atoms with Crippen LogP contribution in [0.15, 0.2) is 18.2 Å². The fourth-order valence-electron chi connectivity index (χ4n) is 4.80. The molecule has 0 saturated carbocycles. The number of hydrogen-bond acceptors (Lipinski definition) is 3. The van der Waals surface area contributed by atoms with Crippen LogP contribution in [0.4, 0.5) is 0 Å². The number of ether oxygens (including phenoxy) is 1. The van der Waals surface area contributed by atoms with Crippen molar-refractivity contribution in [2.24, 2.45) is 5.92 Å². The summed E-state index contributed by atoms with van der Waals surface area (Å²) in [5.41, 5.74) is 2.95. The molecule has 0 spiro atoms. The van der Waals surface area contributed by atoms with Crippen LogP contribution in [0.2, 0.25) is 5.02 Å². The van der Waals surface area contributed by atoms with E-state index in [4.69, 9.17) is 21.4 Å². The highest BCUT2D eigenvalue weighted by Gasteiger charge is 2.43. The molecule has 1 unspecified atom stereocenters. The van der Waals surface area contributed by atoms with E-state index in [1.165, 1.54) is 16.6 Å². The standard InChI is InChI=1S/C22H28ClNO4/c1-3-9-22(10-4-2,28-21(27)13-20(25)26)14-5-7-16-17-12-15(23)6-8-18(17)24-19(16)11-14/h6,8,12,14,24H,3-5,7,9-11,13H2,1-2H3,(H,25,26). The summed E-state index contributed by atoms with van der Waals surface area (Å²) >= 11 is 6.18. The van der Waals surface area contributed by atoms with Gasteiger partial charge in [-0.1, -0.05) is 38.3 Å². The van der Waals surface area contributed by atoms with Crippen molar-refractivity contribution in [2.45, 2.75) is 70.8 Å². The summed E-state index contributed by atoms with van der Waals surface area (Å²) in [4.78, 5) is 26.7. The van der Waals surface area contributed by atoms with E-state index in [-0.39, 0.29) is 5.92 Å². The summed E-state index contributed by atoms with van der Waals surface area (Å²) in [6.45, 7) is 4.16. The predicted octanol–water partition coefficient (Wildman–Crippen LogP) is 5.28. The zero-order chi connectivity index (χ0) is 20.3. The molecule has 1 aliphatic rings. The average Bonchev–Trinajstić information content (AvgIpc) is 2.98. The van der Waals surface area contributed by atoms with E-state index in [2.05, 4.69) is 18.8 Å². The normalized spacial score (nSPS) is 16.8. The second-order valence-corrected chi connectivity index (χ2v) is 8.26. The lowest BCUT2D eigenvalue weighted by Crippen LogP contribution is -2.45. The van der Waals surface area contributed by atoms with Gasteiger partial charge in [-0.2, -0.15) is 0 Å². The van der Waals surface area contributed by atoms with E-state index in [0.717, 1.165) is 55.5 Å². The predicted molar refractivity (Wildman–Crippen MR) is 110 cm³/mol. The van der Waals surface area contributed by atoms with Crippen LogP contribution in [-0.4, -0.2) is 27.6 Å². The third kappa shape index (κ3) is 4.19. The molecule has 2 aromatic rings. The molecule has 28 heavy (non-hydrogen) atoms. The fraction of sp³-hybridized carbons (Fsp3) is 0.545. The minimum atomic E-state index is -1.15. The van der Waals surface area contributed by atoms with Crippen molar-refractivity contribution < 1.29 is 19.4 Å². The first-order valence-electron chi connectivity index (χ1n) is 10.1. The maximum Gasteiger partial charge on any atom is 0.317 e. The number of aliphatic carboxylic acids is 1. The molecule has 0 aliphatic heterocycles. The zero-order valence-electron chi connectivity index (χ0n) is 16.5. The van der Waals surface area contributed by atoms with Crippen molar-refractivity contribution in [3.63, 3.8) is 0 Å². The SMILES string of the molecule is CCCC(CCC)(OC(=O)CC(=O)O)C1CCc2c([nH]c3ccc(Cl)cc23)C1. The number of carbonyl (C=O) groups is 2. The molecular formula is C22H28ClNO4. The molecule has 3 rings (SSSR count). The summed E-state index contributed by atoms with van der Waals surface area (Å²) < 4.78 is 5.92. The van der Waals surface area contributed by atoms with Crippen molar-refractivity contribution in [3.05, 3.63) is 34.5 Å². The Kier molecular flexibility index (Phi) is 6.33. The summed E-state index contributed by atoms with van der Waals surface area (Å²) in [6.07, 6.45) is 5.27. The molecule has 1 atom stereocenters. The number of hydrogen-bond donors (Lipinski definition) is 2. The molecule has 0 amide bonds. The number of carboxylic acids is 1. The quantitative estimate of drug-likeness (QED) is 0.462. The van der Waals surface area contributed by atoms with Crippen LogP contribution in [0.3, 0.4) is 0 Å². The number of carbonyl (C=O) groups excluding carboxylic acids is 1. The first kappa shape index (κ1) is 20.7. The number of aryl methyl sites for hydroxylation is 1. The van der Waals surface area contributed by atoms with Gasteiger partial charge >= 0.3 is 11.9 Å². The molecule has 0 radical (unpaired) electrons. The zero-order valence-corrected chi connectivity index (χ0v) is 17.3. The Morgan fingerprint density at radius 3 is 2.64 bits per heavy atom. The number of aromatic amines is 1. The Balaban J connectivity index is 1.91. The summed E-state index contributed by atoms with van der Waals surface area (Å²) in [5.74, 6) is -1.62. The Morgan fingerprint density at radius 1 is 1.29 bits per heavy atom. The monoisotopic (exact) mass is 405 g/mol. The smallest absolute Gasteiger partial charge is 0.317 e. The third-order valence-electron chi connectivity index (χ3n) is 5.85. The Hall–Kier alpha value is -2.01. The van der Waals surface area contributed by atoms with Gasteiger partial charge in [-0.3, -0.25) is 9.59 Å². The molecule has 152 valence electrons. The highest BCUT2D eigenvalue weighted by atomic mass is 35.5. The van der Waals surface area contributed by atoms with Gasteiger partial charge in [0.1, 0.15) is 12.0 Å². The number of aromatic nitrogens is 1.